The Morgan fingerprint density at radius 2 is 1.57 bits per heavy atom. The number of carbonyl (C=O) groups is 2. The molecule has 0 atom stereocenters. The fraction of sp³-hybridized carbons (Fsp3) is 0.238. The maximum absolute atomic E-state index is 12.7. The van der Waals surface area contributed by atoms with Gasteiger partial charge in [-0.3, -0.25) is 9.59 Å². The highest BCUT2D eigenvalue weighted by Crippen LogP contribution is 2.29. The highest BCUT2D eigenvalue weighted by atomic mass is 19.4. The molecule has 7 heteroatoms. The standard InChI is InChI=1S/C21H19F3N2O2/c22-21(23,24)18-9-7-17(8-10-18)20(28)26-13-11-25(12-14-26)19-6-2-1-4-16(19)5-3-15-27/h1-10,15H,11-14H2/b5-3+. The number of hydrogen-bond donors (Lipinski definition) is 0. The molecule has 0 bridgehead atoms. The molecule has 2 aromatic carbocycles. The first-order valence-corrected chi connectivity index (χ1v) is 8.82. The molecule has 1 aliphatic heterocycles. The van der Waals surface area contributed by atoms with Crippen molar-refractivity contribution in [2.45, 2.75) is 6.18 Å². The van der Waals surface area contributed by atoms with Gasteiger partial charge in [-0.05, 0) is 48.0 Å². The summed E-state index contributed by atoms with van der Waals surface area (Å²) in [7, 11) is 0. The monoisotopic (exact) mass is 388 g/mol. The van der Waals surface area contributed by atoms with Gasteiger partial charge in [-0.15, -0.1) is 0 Å². The number of alkyl halides is 3. The molecule has 3 rings (SSSR count). The number of aldehydes is 1. The molecule has 1 heterocycles. The van der Waals surface area contributed by atoms with Crippen molar-refractivity contribution in [3.63, 3.8) is 0 Å². The predicted octanol–water partition coefficient (Wildman–Crippen LogP) is 3.88. The summed E-state index contributed by atoms with van der Waals surface area (Å²) in [5, 5.41) is 0. The van der Waals surface area contributed by atoms with E-state index >= 15 is 0 Å². The van der Waals surface area contributed by atoms with E-state index < -0.39 is 11.7 Å². The molecule has 28 heavy (non-hydrogen) atoms. The molecule has 0 aromatic heterocycles. The van der Waals surface area contributed by atoms with Crippen LogP contribution in [0.1, 0.15) is 21.5 Å². The molecule has 1 saturated heterocycles. The molecule has 0 aliphatic carbocycles. The number of para-hydroxylation sites is 1. The molecule has 1 amide bonds. The number of halogens is 3. The van der Waals surface area contributed by atoms with Crippen molar-refractivity contribution in [3.05, 3.63) is 71.3 Å². The Bertz CT molecular complexity index is 868. The van der Waals surface area contributed by atoms with Crippen molar-refractivity contribution in [1.82, 2.24) is 4.90 Å². The smallest absolute Gasteiger partial charge is 0.367 e. The van der Waals surface area contributed by atoms with Crippen molar-refractivity contribution >= 4 is 24.0 Å². The first-order valence-electron chi connectivity index (χ1n) is 8.82. The van der Waals surface area contributed by atoms with Crippen LogP contribution in [-0.2, 0) is 11.0 Å². The van der Waals surface area contributed by atoms with Crippen molar-refractivity contribution in [1.29, 1.82) is 0 Å². The number of nitrogens with zero attached hydrogens (tertiary/aromatic N) is 2. The van der Waals surface area contributed by atoms with E-state index in [9.17, 15) is 22.8 Å². The van der Waals surface area contributed by atoms with Crippen molar-refractivity contribution < 1.29 is 22.8 Å². The van der Waals surface area contributed by atoms with E-state index in [1.165, 1.54) is 18.2 Å². The Hall–Kier alpha value is -3.09. The van der Waals surface area contributed by atoms with Gasteiger partial charge in [0.2, 0.25) is 0 Å². The lowest BCUT2D eigenvalue weighted by Crippen LogP contribution is -2.49. The van der Waals surface area contributed by atoms with Gasteiger partial charge in [0.25, 0.3) is 5.91 Å². The van der Waals surface area contributed by atoms with Crippen molar-refractivity contribution in [3.8, 4) is 0 Å². The molecule has 2 aromatic rings. The highest BCUT2D eigenvalue weighted by molar-refractivity contribution is 5.94. The summed E-state index contributed by atoms with van der Waals surface area (Å²) in [5.74, 6) is -0.275. The van der Waals surface area contributed by atoms with Gasteiger partial charge in [0, 0.05) is 37.4 Å². The molecule has 0 unspecified atom stereocenters. The maximum Gasteiger partial charge on any atom is 0.416 e. The van der Waals surface area contributed by atoms with Crippen LogP contribution in [0.3, 0.4) is 0 Å². The lowest BCUT2D eigenvalue weighted by molar-refractivity contribution is -0.137. The zero-order valence-electron chi connectivity index (χ0n) is 15.0. The van der Waals surface area contributed by atoms with Gasteiger partial charge in [-0.2, -0.15) is 13.2 Å². The van der Waals surface area contributed by atoms with E-state index in [1.807, 2.05) is 24.3 Å². The van der Waals surface area contributed by atoms with Crippen LogP contribution in [0.5, 0.6) is 0 Å². The average Bonchev–Trinajstić information content (AvgIpc) is 2.71. The quantitative estimate of drug-likeness (QED) is 0.590. The van der Waals surface area contributed by atoms with Gasteiger partial charge in [0.1, 0.15) is 6.29 Å². The Kier molecular flexibility index (Phi) is 5.82. The molecule has 4 nitrogen and oxygen atoms in total. The Balaban J connectivity index is 1.66. The number of hydrogen-bond acceptors (Lipinski definition) is 3. The minimum Gasteiger partial charge on any atom is -0.367 e. The maximum atomic E-state index is 12.7. The second-order valence-corrected chi connectivity index (χ2v) is 6.41. The van der Waals surface area contributed by atoms with Crippen LogP contribution in [-0.4, -0.2) is 43.3 Å². The first-order chi connectivity index (χ1) is 13.4. The number of allylic oxidation sites excluding steroid dienone is 1. The fourth-order valence-electron chi connectivity index (χ4n) is 3.19. The topological polar surface area (TPSA) is 40.6 Å². The highest BCUT2D eigenvalue weighted by Gasteiger charge is 2.30. The van der Waals surface area contributed by atoms with E-state index in [1.54, 1.807) is 11.0 Å². The van der Waals surface area contributed by atoms with Crippen molar-refractivity contribution in [2.24, 2.45) is 0 Å². The summed E-state index contributed by atoms with van der Waals surface area (Å²) in [6, 6.07) is 12.0. The zero-order valence-corrected chi connectivity index (χ0v) is 15.0. The first kappa shape index (κ1) is 19.7. The average molecular weight is 388 g/mol. The van der Waals surface area contributed by atoms with Crippen LogP contribution in [0.15, 0.2) is 54.6 Å². The van der Waals surface area contributed by atoms with Crippen LogP contribution in [0.4, 0.5) is 18.9 Å². The summed E-state index contributed by atoms with van der Waals surface area (Å²) in [6.07, 6.45) is -0.526. The second kappa shape index (κ2) is 8.29. The summed E-state index contributed by atoms with van der Waals surface area (Å²) in [6.45, 7) is 2.12. The molecule has 0 saturated carbocycles. The summed E-state index contributed by atoms with van der Waals surface area (Å²) < 4.78 is 38.0. The zero-order chi connectivity index (χ0) is 20.1. The van der Waals surface area contributed by atoms with Gasteiger partial charge in [0.15, 0.2) is 0 Å². The molecule has 1 fully saturated rings. The molecular formula is C21H19F3N2O2. The largest absolute Gasteiger partial charge is 0.416 e. The second-order valence-electron chi connectivity index (χ2n) is 6.41. The third kappa shape index (κ3) is 4.42. The van der Waals surface area contributed by atoms with Crippen LogP contribution in [0, 0.1) is 0 Å². The number of anilines is 1. The number of carbonyl (C=O) groups excluding carboxylic acids is 2. The Morgan fingerprint density at radius 1 is 0.929 bits per heavy atom. The van der Waals surface area contributed by atoms with Crippen LogP contribution >= 0.6 is 0 Å². The molecular weight excluding hydrogens is 369 g/mol. The van der Waals surface area contributed by atoms with Gasteiger partial charge in [-0.1, -0.05) is 18.2 Å². The summed E-state index contributed by atoms with van der Waals surface area (Å²) in [5.41, 5.74) is 1.36. The van der Waals surface area contributed by atoms with Gasteiger partial charge >= 0.3 is 6.18 Å². The summed E-state index contributed by atoms with van der Waals surface area (Å²) >= 11 is 0. The van der Waals surface area contributed by atoms with E-state index in [0.717, 1.165) is 29.7 Å². The van der Waals surface area contributed by atoms with E-state index in [-0.39, 0.29) is 11.5 Å². The number of amides is 1. The molecule has 0 radical (unpaired) electrons. The van der Waals surface area contributed by atoms with Gasteiger partial charge in [-0.25, -0.2) is 0 Å². The lowest BCUT2D eigenvalue weighted by atomic mass is 10.1. The summed E-state index contributed by atoms with van der Waals surface area (Å²) in [4.78, 5) is 26.9. The van der Waals surface area contributed by atoms with E-state index in [4.69, 9.17) is 0 Å². The minimum absolute atomic E-state index is 0.246. The van der Waals surface area contributed by atoms with Crippen LogP contribution < -0.4 is 4.90 Å². The third-order valence-electron chi connectivity index (χ3n) is 4.66. The van der Waals surface area contributed by atoms with E-state index in [2.05, 4.69) is 4.90 Å². The number of piperazine rings is 1. The Morgan fingerprint density at radius 3 is 2.18 bits per heavy atom. The molecule has 0 spiro atoms. The van der Waals surface area contributed by atoms with Crippen LogP contribution in [0.2, 0.25) is 0 Å². The fourth-order valence-corrected chi connectivity index (χ4v) is 3.19. The number of rotatable bonds is 4. The predicted molar refractivity (Wildman–Crippen MR) is 101 cm³/mol. The Labute approximate surface area is 160 Å². The van der Waals surface area contributed by atoms with E-state index in [0.29, 0.717) is 26.2 Å². The third-order valence-corrected chi connectivity index (χ3v) is 4.66. The molecule has 146 valence electrons. The van der Waals surface area contributed by atoms with Gasteiger partial charge < -0.3 is 9.80 Å². The minimum atomic E-state index is -4.42. The number of benzene rings is 2. The van der Waals surface area contributed by atoms with Crippen molar-refractivity contribution in [2.75, 3.05) is 31.1 Å². The molecule has 0 N–H and O–H groups in total. The normalized spacial score (nSPS) is 15.1. The lowest BCUT2D eigenvalue weighted by Gasteiger charge is -2.37. The van der Waals surface area contributed by atoms with Crippen LogP contribution in [0.25, 0.3) is 6.08 Å². The SMILES string of the molecule is O=C/C=C/c1ccccc1N1CCN(C(=O)c2ccc(C(F)(F)F)cc2)CC1. The molecule has 1 aliphatic rings. The van der Waals surface area contributed by atoms with Gasteiger partial charge in [0.05, 0.1) is 5.56 Å².